The summed E-state index contributed by atoms with van der Waals surface area (Å²) < 4.78 is 10.8. The molecule has 2 rings (SSSR count). The molecule has 1 spiro atoms. The monoisotopic (exact) mass is 256 g/mol. The van der Waals surface area contributed by atoms with E-state index in [0.717, 1.165) is 19.4 Å². The Morgan fingerprint density at radius 3 is 2.44 bits per heavy atom. The summed E-state index contributed by atoms with van der Waals surface area (Å²) >= 11 is 0. The number of likely N-dealkylation sites (tertiary alicyclic amines) is 1. The molecule has 0 aromatic heterocycles. The summed E-state index contributed by atoms with van der Waals surface area (Å²) in [4.78, 5) is 13.7. The van der Waals surface area contributed by atoms with Crippen molar-refractivity contribution in [1.29, 1.82) is 0 Å². The first-order valence-electron chi connectivity index (χ1n) is 6.64. The van der Waals surface area contributed by atoms with Crippen LogP contribution in [0.1, 0.15) is 33.6 Å². The van der Waals surface area contributed by atoms with E-state index in [1.54, 1.807) is 4.90 Å². The molecular weight excluding hydrogens is 232 g/mol. The van der Waals surface area contributed by atoms with E-state index in [9.17, 15) is 4.79 Å². The van der Waals surface area contributed by atoms with E-state index in [1.807, 2.05) is 20.8 Å². The van der Waals surface area contributed by atoms with Crippen molar-refractivity contribution in [3.63, 3.8) is 0 Å². The molecular formula is C13H24N2O3. The maximum atomic E-state index is 11.9. The minimum Gasteiger partial charge on any atom is -0.444 e. The molecule has 2 aliphatic rings. The summed E-state index contributed by atoms with van der Waals surface area (Å²) in [6.45, 7) is 8.46. The van der Waals surface area contributed by atoms with Crippen LogP contribution in [0.3, 0.4) is 0 Å². The Kier molecular flexibility index (Phi) is 3.56. The number of nitrogens with two attached hydrogens (primary N) is 1. The van der Waals surface area contributed by atoms with Gasteiger partial charge < -0.3 is 20.1 Å². The van der Waals surface area contributed by atoms with Crippen LogP contribution in [0.25, 0.3) is 0 Å². The molecule has 5 nitrogen and oxygen atoms in total. The van der Waals surface area contributed by atoms with Gasteiger partial charge in [0.15, 0.2) is 0 Å². The van der Waals surface area contributed by atoms with Gasteiger partial charge in [-0.2, -0.15) is 0 Å². The largest absolute Gasteiger partial charge is 0.444 e. The molecule has 1 atom stereocenters. The zero-order valence-corrected chi connectivity index (χ0v) is 11.6. The highest BCUT2D eigenvalue weighted by Gasteiger charge is 2.45. The SMILES string of the molecule is CC(C)(C)OC(=O)N1CCC2(CC1)COC[C@H]2N. The van der Waals surface area contributed by atoms with E-state index >= 15 is 0 Å². The van der Waals surface area contributed by atoms with Gasteiger partial charge in [-0.3, -0.25) is 0 Å². The molecule has 2 aliphatic heterocycles. The summed E-state index contributed by atoms with van der Waals surface area (Å²) in [5.41, 5.74) is 5.76. The second-order valence-electron chi connectivity index (χ2n) is 6.45. The Labute approximate surface area is 109 Å². The van der Waals surface area contributed by atoms with E-state index in [1.165, 1.54) is 0 Å². The summed E-state index contributed by atoms with van der Waals surface area (Å²) in [6.07, 6.45) is 1.60. The second kappa shape index (κ2) is 4.70. The Morgan fingerprint density at radius 2 is 2.00 bits per heavy atom. The number of piperidine rings is 1. The van der Waals surface area contributed by atoms with Gasteiger partial charge in [-0.05, 0) is 33.6 Å². The normalized spacial score (nSPS) is 27.6. The zero-order valence-electron chi connectivity index (χ0n) is 11.6. The van der Waals surface area contributed by atoms with Gasteiger partial charge in [0.05, 0.1) is 13.2 Å². The number of nitrogens with zero attached hydrogens (tertiary/aromatic N) is 1. The zero-order chi connectivity index (χ0) is 13.4. The minimum atomic E-state index is -0.431. The number of carbonyl (C=O) groups excluding carboxylic acids is 1. The van der Waals surface area contributed by atoms with Crippen molar-refractivity contribution in [3.05, 3.63) is 0 Å². The summed E-state index contributed by atoms with van der Waals surface area (Å²) in [7, 11) is 0. The quantitative estimate of drug-likeness (QED) is 0.711. The number of hydrogen-bond acceptors (Lipinski definition) is 4. The van der Waals surface area contributed by atoms with E-state index in [-0.39, 0.29) is 17.6 Å². The molecule has 5 heteroatoms. The van der Waals surface area contributed by atoms with Crippen molar-refractivity contribution >= 4 is 6.09 Å². The van der Waals surface area contributed by atoms with Crippen molar-refractivity contribution in [1.82, 2.24) is 4.90 Å². The third-order valence-corrected chi connectivity index (χ3v) is 3.88. The molecule has 2 N–H and O–H groups in total. The highest BCUT2D eigenvalue weighted by atomic mass is 16.6. The topological polar surface area (TPSA) is 64.8 Å². The molecule has 0 bridgehead atoms. The molecule has 0 radical (unpaired) electrons. The first-order chi connectivity index (χ1) is 8.32. The van der Waals surface area contributed by atoms with Crippen LogP contribution in [0.5, 0.6) is 0 Å². The van der Waals surface area contributed by atoms with Crippen molar-refractivity contribution in [3.8, 4) is 0 Å². The average Bonchev–Trinajstić information content (AvgIpc) is 2.59. The number of hydrogen-bond donors (Lipinski definition) is 1. The van der Waals surface area contributed by atoms with Crippen LogP contribution in [0.2, 0.25) is 0 Å². The first kappa shape index (κ1) is 13.6. The van der Waals surface area contributed by atoms with E-state index in [2.05, 4.69) is 0 Å². The lowest BCUT2D eigenvalue weighted by Crippen LogP contribution is -2.51. The van der Waals surface area contributed by atoms with Crippen LogP contribution in [0.4, 0.5) is 4.79 Å². The molecule has 104 valence electrons. The highest BCUT2D eigenvalue weighted by molar-refractivity contribution is 5.68. The fourth-order valence-corrected chi connectivity index (χ4v) is 2.65. The molecule has 2 heterocycles. The summed E-state index contributed by atoms with van der Waals surface area (Å²) in [5, 5.41) is 0. The molecule has 0 unspecified atom stereocenters. The lowest BCUT2D eigenvalue weighted by atomic mass is 9.75. The van der Waals surface area contributed by atoms with E-state index < -0.39 is 5.60 Å². The number of rotatable bonds is 0. The van der Waals surface area contributed by atoms with Crippen LogP contribution in [0.15, 0.2) is 0 Å². The van der Waals surface area contributed by atoms with Crippen molar-refractivity contribution < 1.29 is 14.3 Å². The van der Waals surface area contributed by atoms with Gasteiger partial charge in [0.2, 0.25) is 0 Å². The Balaban J connectivity index is 1.89. The van der Waals surface area contributed by atoms with Crippen LogP contribution < -0.4 is 5.73 Å². The van der Waals surface area contributed by atoms with E-state index in [4.69, 9.17) is 15.2 Å². The molecule has 1 amide bonds. The Bertz CT molecular complexity index is 317. The maximum Gasteiger partial charge on any atom is 0.410 e. The van der Waals surface area contributed by atoms with Gasteiger partial charge in [-0.1, -0.05) is 0 Å². The molecule has 0 saturated carbocycles. The van der Waals surface area contributed by atoms with Gasteiger partial charge in [-0.15, -0.1) is 0 Å². The standard InChI is InChI=1S/C13H24N2O3/c1-12(2,3)18-11(16)15-6-4-13(5-7-15)9-17-8-10(13)14/h10H,4-9,14H2,1-3H3/t10-/m1/s1. The van der Waals surface area contributed by atoms with Crippen LogP contribution in [0, 0.1) is 5.41 Å². The number of carbonyl (C=O) groups is 1. The molecule has 18 heavy (non-hydrogen) atoms. The average molecular weight is 256 g/mol. The lowest BCUT2D eigenvalue weighted by Gasteiger charge is -2.40. The van der Waals surface area contributed by atoms with Gasteiger partial charge >= 0.3 is 6.09 Å². The van der Waals surface area contributed by atoms with E-state index in [0.29, 0.717) is 19.7 Å². The van der Waals surface area contributed by atoms with Crippen molar-refractivity contribution in [2.75, 3.05) is 26.3 Å². The number of amides is 1. The second-order valence-corrected chi connectivity index (χ2v) is 6.45. The van der Waals surface area contributed by atoms with Gasteiger partial charge in [0.1, 0.15) is 5.60 Å². The van der Waals surface area contributed by atoms with Gasteiger partial charge in [-0.25, -0.2) is 4.79 Å². The van der Waals surface area contributed by atoms with Crippen molar-refractivity contribution in [2.24, 2.45) is 11.1 Å². The summed E-state index contributed by atoms with van der Waals surface area (Å²) in [5.74, 6) is 0. The Morgan fingerprint density at radius 1 is 1.39 bits per heavy atom. The fraction of sp³-hybridized carbons (Fsp3) is 0.923. The third-order valence-electron chi connectivity index (χ3n) is 3.88. The van der Waals surface area contributed by atoms with Crippen molar-refractivity contribution in [2.45, 2.75) is 45.3 Å². The van der Waals surface area contributed by atoms with Crippen LogP contribution in [-0.2, 0) is 9.47 Å². The molecule has 0 aromatic carbocycles. The summed E-state index contributed by atoms with van der Waals surface area (Å²) in [6, 6.07) is 0.110. The minimum absolute atomic E-state index is 0.0819. The first-order valence-corrected chi connectivity index (χ1v) is 6.64. The third kappa shape index (κ3) is 2.78. The molecule has 0 aliphatic carbocycles. The van der Waals surface area contributed by atoms with Crippen LogP contribution in [-0.4, -0.2) is 48.9 Å². The maximum absolute atomic E-state index is 11.9. The predicted octanol–water partition coefficient (Wildman–Crippen LogP) is 1.36. The smallest absolute Gasteiger partial charge is 0.410 e. The fourth-order valence-electron chi connectivity index (χ4n) is 2.65. The number of ether oxygens (including phenoxy) is 2. The molecule has 0 aromatic rings. The van der Waals surface area contributed by atoms with Crippen LogP contribution >= 0.6 is 0 Å². The highest BCUT2D eigenvalue weighted by Crippen LogP contribution is 2.38. The Hall–Kier alpha value is -0.810. The van der Waals surface area contributed by atoms with Gasteiger partial charge in [0.25, 0.3) is 0 Å². The molecule has 2 fully saturated rings. The molecule has 2 saturated heterocycles. The lowest BCUT2D eigenvalue weighted by molar-refractivity contribution is 0.00711. The predicted molar refractivity (Wildman–Crippen MR) is 68.3 cm³/mol. The van der Waals surface area contributed by atoms with Gasteiger partial charge in [0, 0.05) is 24.5 Å².